The Hall–Kier alpha value is -0.610. The molecule has 4 nitrogen and oxygen atoms in total. The minimum absolute atomic E-state index is 0.0180. The van der Waals surface area contributed by atoms with Crippen LogP contribution >= 0.6 is 0 Å². The van der Waals surface area contributed by atoms with Gasteiger partial charge in [-0.05, 0) is 27.7 Å². The number of carbonyl (C=O) groups is 1. The number of rotatable bonds is 4. The first-order chi connectivity index (χ1) is 7.57. The van der Waals surface area contributed by atoms with E-state index in [0.29, 0.717) is 6.04 Å². The van der Waals surface area contributed by atoms with Crippen molar-refractivity contribution in [2.75, 3.05) is 32.7 Å². The van der Waals surface area contributed by atoms with Crippen molar-refractivity contribution >= 4 is 5.91 Å². The van der Waals surface area contributed by atoms with E-state index in [9.17, 15) is 4.79 Å². The number of hydrogen-bond acceptors (Lipinski definition) is 3. The molecule has 0 aromatic heterocycles. The van der Waals surface area contributed by atoms with Crippen LogP contribution < -0.4 is 5.32 Å². The molecule has 1 aliphatic rings. The van der Waals surface area contributed by atoms with Crippen molar-refractivity contribution in [3.8, 4) is 0 Å². The Labute approximate surface area is 99.0 Å². The molecule has 0 aromatic carbocycles. The van der Waals surface area contributed by atoms with Crippen LogP contribution in [0.4, 0.5) is 0 Å². The fraction of sp³-hybridized carbons (Fsp3) is 0.917. The van der Waals surface area contributed by atoms with Gasteiger partial charge in [0.25, 0.3) is 0 Å². The topological polar surface area (TPSA) is 35.6 Å². The molecular formula is C12H25N3O. The zero-order valence-electron chi connectivity index (χ0n) is 11.0. The summed E-state index contributed by atoms with van der Waals surface area (Å²) in [7, 11) is 0. The van der Waals surface area contributed by atoms with Gasteiger partial charge in [-0.25, -0.2) is 0 Å². The highest BCUT2D eigenvalue weighted by molar-refractivity contribution is 5.81. The summed E-state index contributed by atoms with van der Waals surface area (Å²) in [6, 6.07) is 0.312. The second-order valence-corrected chi connectivity index (χ2v) is 4.68. The first-order valence-electron chi connectivity index (χ1n) is 6.33. The molecule has 0 aromatic rings. The van der Waals surface area contributed by atoms with E-state index in [1.54, 1.807) is 0 Å². The van der Waals surface area contributed by atoms with E-state index in [2.05, 4.69) is 24.1 Å². The van der Waals surface area contributed by atoms with Crippen LogP contribution in [0.3, 0.4) is 0 Å². The number of nitrogens with zero attached hydrogens (tertiary/aromatic N) is 2. The third-order valence-electron chi connectivity index (χ3n) is 3.30. The van der Waals surface area contributed by atoms with E-state index < -0.39 is 0 Å². The van der Waals surface area contributed by atoms with Gasteiger partial charge in [0.15, 0.2) is 0 Å². The van der Waals surface area contributed by atoms with Crippen molar-refractivity contribution in [1.82, 2.24) is 15.1 Å². The van der Waals surface area contributed by atoms with Crippen LogP contribution in [0.5, 0.6) is 0 Å². The lowest BCUT2D eigenvalue weighted by atomic mass is 10.2. The third-order valence-corrected chi connectivity index (χ3v) is 3.30. The Morgan fingerprint density at radius 1 is 1.31 bits per heavy atom. The smallest absolute Gasteiger partial charge is 0.239 e. The molecule has 1 aliphatic heterocycles. The monoisotopic (exact) mass is 227 g/mol. The van der Waals surface area contributed by atoms with E-state index in [0.717, 1.165) is 32.7 Å². The number of carbonyl (C=O) groups excluding carboxylic acids is 1. The predicted octanol–water partition coefficient (Wildman–Crippen LogP) is 0.537. The van der Waals surface area contributed by atoms with Gasteiger partial charge in [0.05, 0.1) is 6.04 Å². The average molecular weight is 227 g/mol. The molecule has 1 N–H and O–H groups in total. The molecule has 0 radical (unpaired) electrons. The first-order valence-corrected chi connectivity index (χ1v) is 6.33. The summed E-state index contributed by atoms with van der Waals surface area (Å²) in [6.45, 7) is 13.0. The molecule has 1 heterocycles. The molecule has 1 amide bonds. The van der Waals surface area contributed by atoms with E-state index in [1.165, 1.54) is 0 Å². The van der Waals surface area contributed by atoms with Crippen LogP contribution in [-0.4, -0.2) is 60.5 Å². The van der Waals surface area contributed by atoms with Gasteiger partial charge in [-0.3, -0.25) is 9.69 Å². The van der Waals surface area contributed by atoms with Crippen LogP contribution in [0, 0.1) is 0 Å². The van der Waals surface area contributed by atoms with Crippen LogP contribution in [0.1, 0.15) is 27.7 Å². The van der Waals surface area contributed by atoms with E-state index in [4.69, 9.17) is 0 Å². The van der Waals surface area contributed by atoms with Crippen molar-refractivity contribution in [3.63, 3.8) is 0 Å². The summed E-state index contributed by atoms with van der Waals surface area (Å²) in [5.41, 5.74) is 0. The van der Waals surface area contributed by atoms with E-state index in [-0.39, 0.29) is 11.9 Å². The second kappa shape index (κ2) is 6.21. The van der Waals surface area contributed by atoms with Gasteiger partial charge >= 0.3 is 0 Å². The van der Waals surface area contributed by atoms with Crippen molar-refractivity contribution in [1.29, 1.82) is 0 Å². The Bertz CT molecular complexity index is 224. The lowest BCUT2D eigenvalue weighted by Crippen LogP contribution is -2.54. The van der Waals surface area contributed by atoms with E-state index in [1.807, 2.05) is 18.7 Å². The summed E-state index contributed by atoms with van der Waals surface area (Å²) in [5.74, 6) is 0.263. The Balaban J connectivity index is 2.57. The summed E-state index contributed by atoms with van der Waals surface area (Å²) in [5, 5.41) is 3.31. The van der Waals surface area contributed by atoms with Crippen molar-refractivity contribution in [2.45, 2.75) is 39.8 Å². The molecule has 1 rings (SSSR count). The quantitative estimate of drug-likeness (QED) is 0.761. The van der Waals surface area contributed by atoms with Crippen molar-refractivity contribution in [2.24, 2.45) is 0 Å². The maximum Gasteiger partial charge on any atom is 0.239 e. The number of nitrogens with one attached hydrogen (secondary N) is 1. The largest absolute Gasteiger partial charge is 0.339 e. The molecule has 0 spiro atoms. The highest BCUT2D eigenvalue weighted by atomic mass is 16.2. The minimum atomic E-state index is 0.0180. The zero-order chi connectivity index (χ0) is 12.1. The van der Waals surface area contributed by atoms with Crippen molar-refractivity contribution < 1.29 is 4.79 Å². The zero-order valence-corrected chi connectivity index (χ0v) is 11.0. The molecular weight excluding hydrogens is 202 g/mol. The summed E-state index contributed by atoms with van der Waals surface area (Å²) in [6.07, 6.45) is 0. The van der Waals surface area contributed by atoms with Gasteiger partial charge in [-0.1, -0.05) is 0 Å². The molecule has 1 fully saturated rings. The molecule has 0 aliphatic carbocycles. The SMILES string of the molecule is CCN(C(=O)C(C)N1CCNCC1)C(C)C. The van der Waals surface area contributed by atoms with Crippen LogP contribution in [-0.2, 0) is 4.79 Å². The molecule has 0 saturated carbocycles. The lowest BCUT2D eigenvalue weighted by Gasteiger charge is -2.36. The summed E-state index contributed by atoms with van der Waals surface area (Å²) >= 11 is 0. The second-order valence-electron chi connectivity index (χ2n) is 4.68. The number of hydrogen-bond donors (Lipinski definition) is 1. The highest BCUT2D eigenvalue weighted by Crippen LogP contribution is 2.08. The van der Waals surface area contributed by atoms with Gasteiger partial charge in [0.2, 0.25) is 5.91 Å². The van der Waals surface area contributed by atoms with Gasteiger partial charge < -0.3 is 10.2 Å². The average Bonchev–Trinajstić information content (AvgIpc) is 2.29. The van der Waals surface area contributed by atoms with Gasteiger partial charge in [0, 0.05) is 38.8 Å². The lowest BCUT2D eigenvalue weighted by molar-refractivity contribution is -0.138. The fourth-order valence-corrected chi connectivity index (χ4v) is 2.24. The standard InChI is InChI=1S/C12H25N3O/c1-5-15(10(2)3)12(16)11(4)14-8-6-13-7-9-14/h10-11,13H,5-9H2,1-4H3. The minimum Gasteiger partial charge on any atom is -0.339 e. The van der Waals surface area contributed by atoms with Crippen LogP contribution in [0.15, 0.2) is 0 Å². The Morgan fingerprint density at radius 2 is 1.88 bits per heavy atom. The third kappa shape index (κ3) is 3.19. The van der Waals surface area contributed by atoms with Crippen LogP contribution in [0.2, 0.25) is 0 Å². The van der Waals surface area contributed by atoms with Gasteiger partial charge in [0.1, 0.15) is 0 Å². The predicted molar refractivity (Wildman–Crippen MR) is 66.4 cm³/mol. The molecule has 4 heteroatoms. The maximum atomic E-state index is 12.3. The molecule has 0 bridgehead atoms. The Morgan fingerprint density at radius 3 is 2.31 bits per heavy atom. The first kappa shape index (κ1) is 13.5. The molecule has 16 heavy (non-hydrogen) atoms. The van der Waals surface area contributed by atoms with Gasteiger partial charge in [-0.15, -0.1) is 0 Å². The van der Waals surface area contributed by atoms with Crippen LogP contribution in [0.25, 0.3) is 0 Å². The maximum absolute atomic E-state index is 12.3. The Kier molecular flexibility index (Phi) is 5.22. The number of piperazine rings is 1. The van der Waals surface area contributed by atoms with Gasteiger partial charge in [-0.2, -0.15) is 0 Å². The van der Waals surface area contributed by atoms with E-state index >= 15 is 0 Å². The normalized spacial score (nSPS) is 19.8. The highest BCUT2D eigenvalue weighted by Gasteiger charge is 2.27. The molecule has 1 atom stereocenters. The number of amides is 1. The summed E-state index contributed by atoms with van der Waals surface area (Å²) in [4.78, 5) is 16.5. The molecule has 1 saturated heterocycles. The number of likely N-dealkylation sites (N-methyl/N-ethyl adjacent to an activating group) is 1. The fourth-order valence-electron chi connectivity index (χ4n) is 2.24. The summed E-state index contributed by atoms with van der Waals surface area (Å²) < 4.78 is 0. The van der Waals surface area contributed by atoms with Crippen molar-refractivity contribution in [3.05, 3.63) is 0 Å². The molecule has 94 valence electrons. The molecule has 1 unspecified atom stereocenters.